The zero-order valence-electron chi connectivity index (χ0n) is 9.89. The van der Waals surface area contributed by atoms with Crippen molar-refractivity contribution in [2.24, 2.45) is 5.73 Å². The second-order valence-corrected chi connectivity index (χ2v) is 4.17. The fraction of sp³-hybridized carbons (Fsp3) is 0.800. The number of amides is 3. The molecule has 7 nitrogen and oxygen atoms in total. The van der Waals surface area contributed by atoms with E-state index in [1.165, 1.54) is 0 Å². The minimum absolute atomic E-state index is 0.0279. The van der Waals surface area contributed by atoms with E-state index in [9.17, 15) is 9.59 Å². The fourth-order valence-electron chi connectivity index (χ4n) is 1.88. The van der Waals surface area contributed by atoms with E-state index in [4.69, 9.17) is 15.6 Å². The second-order valence-electron chi connectivity index (χ2n) is 4.17. The van der Waals surface area contributed by atoms with E-state index < -0.39 is 11.9 Å². The summed E-state index contributed by atoms with van der Waals surface area (Å²) in [4.78, 5) is 23.7. The molecule has 1 aliphatic heterocycles. The van der Waals surface area contributed by atoms with Crippen LogP contribution in [-0.2, 0) is 9.53 Å². The molecule has 1 saturated heterocycles. The molecule has 1 fully saturated rings. The highest BCUT2D eigenvalue weighted by Crippen LogP contribution is 2.10. The maximum Gasteiger partial charge on any atom is 0.318 e. The molecule has 1 aliphatic rings. The number of nitrogens with two attached hydrogens (primary N) is 1. The molecule has 0 aliphatic carbocycles. The van der Waals surface area contributed by atoms with Gasteiger partial charge in [-0.25, -0.2) is 4.79 Å². The van der Waals surface area contributed by atoms with Crippen LogP contribution in [0.4, 0.5) is 4.79 Å². The molecular formula is C10H19N3O4. The SMILES string of the molecule is CC1CN(CCC(=O)NC(N)=O)CC(CO)O1. The summed E-state index contributed by atoms with van der Waals surface area (Å²) in [6, 6.07) is -0.835. The first-order chi connectivity index (χ1) is 8.01. The Bertz CT molecular complexity index is 285. The zero-order valence-corrected chi connectivity index (χ0v) is 9.89. The normalized spacial score (nSPS) is 25.5. The first-order valence-corrected chi connectivity index (χ1v) is 5.59. The van der Waals surface area contributed by atoms with E-state index >= 15 is 0 Å². The Labute approximate surface area is 99.9 Å². The highest BCUT2D eigenvalue weighted by Gasteiger charge is 2.24. The Morgan fingerprint density at radius 2 is 2.24 bits per heavy atom. The number of hydrogen-bond donors (Lipinski definition) is 3. The number of urea groups is 1. The van der Waals surface area contributed by atoms with Gasteiger partial charge in [0.25, 0.3) is 0 Å². The molecular weight excluding hydrogens is 226 g/mol. The van der Waals surface area contributed by atoms with Gasteiger partial charge in [0.05, 0.1) is 18.8 Å². The quantitative estimate of drug-likeness (QED) is 0.568. The molecule has 0 spiro atoms. The number of nitrogens with zero attached hydrogens (tertiary/aromatic N) is 1. The van der Waals surface area contributed by atoms with E-state index in [1.54, 1.807) is 0 Å². The maximum absolute atomic E-state index is 11.2. The molecule has 2 atom stereocenters. The lowest BCUT2D eigenvalue weighted by Crippen LogP contribution is -2.49. The molecule has 0 bridgehead atoms. The van der Waals surface area contributed by atoms with E-state index in [2.05, 4.69) is 0 Å². The number of carbonyl (C=O) groups excluding carboxylic acids is 2. The standard InChI is InChI=1S/C10H19N3O4/c1-7-4-13(5-8(6-14)17-7)3-2-9(15)12-10(11)16/h7-8,14H,2-6H2,1H3,(H3,11,12,15,16). The van der Waals surface area contributed by atoms with Crippen LogP contribution >= 0.6 is 0 Å². The van der Waals surface area contributed by atoms with Gasteiger partial charge in [0.2, 0.25) is 5.91 Å². The van der Waals surface area contributed by atoms with Gasteiger partial charge in [-0.15, -0.1) is 0 Å². The lowest BCUT2D eigenvalue weighted by atomic mass is 10.2. The third kappa shape index (κ3) is 5.12. The van der Waals surface area contributed by atoms with Crippen molar-refractivity contribution in [2.45, 2.75) is 25.6 Å². The fourth-order valence-corrected chi connectivity index (χ4v) is 1.88. The number of carbonyl (C=O) groups is 2. The van der Waals surface area contributed by atoms with Crippen molar-refractivity contribution < 1.29 is 19.4 Å². The summed E-state index contributed by atoms with van der Waals surface area (Å²) in [6.07, 6.45) is 0.0198. The smallest absolute Gasteiger partial charge is 0.318 e. The molecule has 0 radical (unpaired) electrons. The number of imide groups is 1. The number of nitrogens with one attached hydrogen (secondary N) is 1. The van der Waals surface area contributed by atoms with E-state index in [-0.39, 0.29) is 25.2 Å². The number of rotatable bonds is 4. The lowest BCUT2D eigenvalue weighted by molar-refractivity contribution is -0.122. The van der Waals surface area contributed by atoms with Crippen molar-refractivity contribution in [2.75, 3.05) is 26.2 Å². The highest BCUT2D eigenvalue weighted by atomic mass is 16.5. The van der Waals surface area contributed by atoms with Gasteiger partial charge in [0, 0.05) is 26.1 Å². The number of primary amides is 1. The molecule has 0 aromatic heterocycles. The summed E-state index contributed by atoms with van der Waals surface area (Å²) in [7, 11) is 0. The summed E-state index contributed by atoms with van der Waals surface area (Å²) >= 11 is 0. The van der Waals surface area contributed by atoms with Gasteiger partial charge in [-0.05, 0) is 6.92 Å². The molecule has 17 heavy (non-hydrogen) atoms. The average Bonchev–Trinajstić information content (AvgIpc) is 2.24. The zero-order chi connectivity index (χ0) is 12.8. The van der Waals surface area contributed by atoms with Crippen LogP contribution in [0, 0.1) is 0 Å². The van der Waals surface area contributed by atoms with Crippen LogP contribution < -0.4 is 11.1 Å². The van der Waals surface area contributed by atoms with Crippen molar-refractivity contribution in [3.8, 4) is 0 Å². The van der Waals surface area contributed by atoms with Crippen LogP contribution in [0.1, 0.15) is 13.3 Å². The molecule has 0 saturated carbocycles. The number of morpholine rings is 1. The highest BCUT2D eigenvalue weighted by molar-refractivity contribution is 5.93. The van der Waals surface area contributed by atoms with E-state index in [0.717, 1.165) is 0 Å². The Morgan fingerprint density at radius 3 is 2.82 bits per heavy atom. The molecule has 98 valence electrons. The van der Waals surface area contributed by atoms with E-state index in [1.807, 2.05) is 17.1 Å². The van der Waals surface area contributed by atoms with Crippen LogP contribution in [0.15, 0.2) is 0 Å². The minimum Gasteiger partial charge on any atom is -0.394 e. The topological polar surface area (TPSA) is 105 Å². The predicted molar refractivity (Wildman–Crippen MR) is 60.2 cm³/mol. The second kappa shape index (κ2) is 6.53. The Hall–Kier alpha value is -1.18. The lowest BCUT2D eigenvalue weighted by Gasteiger charge is -2.35. The van der Waals surface area contributed by atoms with Crippen LogP contribution in [-0.4, -0.2) is 60.4 Å². The van der Waals surface area contributed by atoms with Crippen molar-refractivity contribution >= 4 is 11.9 Å². The Morgan fingerprint density at radius 1 is 1.53 bits per heavy atom. The Balaban J connectivity index is 2.30. The largest absolute Gasteiger partial charge is 0.394 e. The third-order valence-corrected chi connectivity index (χ3v) is 2.52. The number of aliphatic hydroxyl groups excluding tert-OH is 1. The summed E-state index contributed by atoms with van der Waals surface area (Å²) in [5.41, 5.74) is 4.83. The average molecular weight is 245 g/mol. The number of aliphatic hydroxyl groups is 1. The van der Waals surface area contributed by atoms with Gasteiger partial charge in [-0.1, -0.05) is 0 Å². The monoisotopic (exact) mass is 245 g/mol. The molecule has 7 heteroatoms. The summed E-state index contributed by atoms with van der Waals surface area (Å²) in [5, 5.41) is 11.0. The van der Waals surface area contributed by atoms with Gasteiger partial charge in [0.15, 0.2) is 0 Å². The molecule has 0 aromatic carbocycles. The molecule has 1 rings (SSSR count). The predicted octanol–water partition coefficient (Wildman–Crippen LogP) is -1.35. The summed E-state index contributed by atoms with van der Waals surface area (Å²) < 4.78 is 5.47. The van der Waals surface area contributed by atoms with Crippen molar-refractivity contribution in [3.63, 3.8) is 0 Å². The molecule has 1 heterocycles. The van der Waals surface area contributed by atoms with E-state index in [0.29, 0.717) is 19.6 Å². The van der Waals surface area contributed by atoms with Gasteiger partial charge in [-0.2, -0.15) is 0 Å². The molecule has 4 N–H and O–H groups in total. The first-order valence-electron chi connectivity index (χ1n) is 5.59. The van der Waals surface area contributed by atoms with Gasteiger partial charge >= 0.3 is 6.03 Å². The van der Waals surface area contributed by atoms with Crippen LogP contribution in [0.2, 0.25) is 0 Å². The summed E-state index contributed by atoms with van der Waals surface area (Å²) in [6.45, 7) is 3.70. The van der Waals surface area contributed by atoms with Gasteiger partial charge in [-0.3, -0.25) is 15.0 Å². The van der Waals surface area contributed by atoms with Crippen molar-refractivity contribution in [3.05, 3.63) is 0 Å². The van der Waals surface area contributed by atoms with Crippen molar-refractivity contribution in [1.29, 1.82) is 0 Å². The van der Waals surface area contributed by atoms with Gasteiger partial charge < -0.3 is 15.6 Å². The maximum atomic E-state index is 11.2. The van der Waals surface area contributed by atoms with Crippen LogP contribution in [0.5, 0.6) is 0 Å². The van der Waals surface area contributed by atoms with Crippen LogP contribution in [0.3, 0.4) is 0 Å². The Kier molecular flexibility index (Phi) is 5.33. The number of ether oxygens (including phenoxy) is 1. The first kappa shape index (κ1) is 13.9. The molecule has 0 aromatic rings. The number of hydrogen-bond acceptors (Lipinski definition) is 5. The van der Waals surface area contributed by atoms with Crippen LogP contribution in [0.25, 0.3) is 0 Å². The molecule has 3 amide bonds. The van der Waals surface area contributed by atoms with Crippen molar-refractivity contribution in [1.82, 2.24) is 10.2 Å². The minimum atomic E-state index is -0.835. The summed E-state index contributed by atoms with van der Waals surface area (Å²) in [5.74, 6) is -0.391. The van der Waals surface area contributed by atoms with Gasteiger partial charge in [0.1, 0.15) is 0 Å². The third-order valence-electron chi connectivity index (χ3n) is 2.52. The molecule has 2 unspecified atom stereocenters.